The van der Waals surface area contributed by atoms with Crippen LogP contribution < -0.4 is 10.1 Å². The highest BCUT2D eigenvalue weighted by Gasteiger charge is 2.24. The summed E-state index contributed by atoms with van der Waals surface area (Å²) in [4.78, 5) is 21.1. The summed E-state index contributed by atoms with van der Waals surface area (Å²) >= 11 is 1.18. The molecule has 2 heterocycles. The molecule has 26 heavy (non-hydrogen) atoms. The number of fused-ring (bicyclic) bond motifs is 1. The average molecular weight is 367 g/mol. The van der Waals surface area contributed by atoms with E-state index in [-0.39, 0.29) is 17.7 Å². The second-order valence-corrected chi connectivity index (χ2v) is 6.41. The van der Waals surface area contributed by atoms with Crippen molar-refractivity contribution < 1.29 is 19.1 Å². The number of nitrogens with one attached hydrogen (secondary N) is 1. The highest BCUT2D eigenvalue weighted by Crippen LogP contribution is 2.31. The molecule has 2 N–H and O–H groups in total. The highest BCUT2D eigenvalue weighted by atomic mass is 32.2. The van der Waals surface area contributed by atoms with E-state index in [9.17, 15) is 9.90 Å². The second kappa shape index (κ2) is 6.57. The van der Waals surface area contributed by atoms with E-state index in [0.717, 1.165) is 5.56 Å². The number of carbonyl (C=O) groups is 1. The number of phenols is 1. The van der Waals surface area contributed by atoms with Gasteiger partial charge in [-0.15, -0.1) is 0 Å². The third kappa shape index (κ3) is 3.14. The molecule has 0 bridgehead atoms. The van der Waals surface area contributed by atoms with Gasteiger partial charge in [-0.05, 0) is 47.7 Å². The van der Waals surface area contributed by atoms with E-state index in [1.165, 1.54) is 24.9 Å². The predicted molar refractivity (Wildman–Crippen MR) is 99.5 cm³/mol. The number of thioether (sulfide) groups is 1. The number of benzene rings is 2. The Labute approximate surface area is 152 Å². The summed E-state index contributed by atoms with van der Waals surface area (Å²) < 4.78 is 10.6. The number of oxazole rings is 1. The molecule has 1 amide bonds. The van der Waals surface area contributed by atoms with Gasteiger partial charge in [0.1, 0.15) is 5.52 Å². The Morgan fingerprint density at radius 3 is 2.96 bits per heavy atom. The maximum atomic E-state index is 12.2. The number of amidine groups is 1. The molecule has 1 saturated heterocycles. The van der Waals surface area contributed by atoms with Crippen LogP contribution in [0.2, 0.25) is 0 Å². The van der Waals surface area contributed by atoms with Crippen LogP contribution in [0.25, 0.3) is 17.2 Å². The van der Waals surface area contributed by atoms with E-state index >= 15 is 0 Å². The van der Waals surface area contributed by atoms with Gasteiger partial charge in [-0.25, -0.2) is 0 Å². The Morgan fingerprint density at radius 2 is 2.15 bits per heavy atom. The smallest absolute Gasteiger partial charge is 0.325 e. The molecule has 0 radical (unpaired) electrons. The van der Waals surface area contributed by atoms with Crippen molar-refractivity contribution in [2.75, 3.05) is 7.11 Å². The molecular formula is C18H13N3O4S. The van der Waals surface area contributed by atoms with Gasteiger partial charge in [-0.1, -0.05) is 18.2 Å². The van der Waals surface area contributed by atoms with Crippen molar-refractivity contribution >= 4 is 46.0 Å². The number of methoxy groups -OCH3 is 1. The van der Waals surface area contributed by atoms with Crippen molar-refractivity contribution in [1.82, 2.24) is 10.3 Å². The van der Waals surface area contributed by atoms with Gasteiger partial charge in [0.2, 0.25) is 0 Å². The average Bonchev–Trinajstić information content (AvgIpc) is 3.19. The fraction of sp³-hybridized carbons (Fsp3) is 0.0556. The molecular weight excluding hydrogens is 354 g/mol. The Balaban J connectivity index is 1.60. The number of ether oxygens (including phenoxy) is 1. The minimum absolute atomic E-state index is 0.0383. The van der Waals surface area contributed by atoms with E-state index in [1.54, 1.807) is 24.3 Å². The molecule has 130 valence electrons. The Kier molecular flexibility index (Phi) is 4.10. The van der Waals surface area contributed by atoms with Gasteiger partial charge < -0.3 is 19.6 Å². The van der Waals surface area contributed by atoms with Gasteiger partial charge in [0.25, 0.3) is 5.91 Å². The maximum absolute atomic E-state index is 12.2. The van der Waals surface area contributed by atoms with Crippen molar-refractivity contribution in [3.05, 3.63) is 52.9 Å². The second-order valence-electron chi connectivity index (χ2n) is 5.38. The largest absolute Gasteiger partial charge is 0.504 e. The predicted octanol–water partition coefficient (Wildman–Crippen LogP) is 3.43. The lowest BCUT2D eigenvalue weighted by Gasteiger charge is -2.03. The summed E-state index contributed by atoms with van der Waals surface area (Å²) in [6, 6.07) is 12.4. The van der Waals surface area contributed by atoms with Crippen molar-refractivity contribution in [1.29, 1.82) is 0 Å². The van der Waals surface area contributed by atoms with Gasteiger partial charge in [0, 0.05) is 0 Å². The van der Waals surface area contributed by atoms with Gasteiger partial charge >= 0.3 is 6.01 Å². The van der Waals surface area contributed by atoms with Crippen LogP contribution in [0.3, 0.4) is 0 Å². The summed E-state index contributed by atoms with van der Waals surface area (Å²) in [7, 11) is 1.47. The molecule has 1 aliphatic heterocycles. The van der Waals surface area contributed by atoms with Crippen LogP contribution in [0.4, 0.5) is 6.01 Å². The number of nitrogens with zero attached hydrogens (tertiary/aromatic N) is 2. The van der Waals surface area contributed by atoms with Crippen LogP contribution in [0.15, 0.2) is 56.8 Å². The number of phenolic OH excluding ortho intramolecular Hbond substituents is 1. The number of aromatic hydroxyl groups is 1. The quantitative estimate of drug-likeness (QED) is 0.689. The van der Waals surface area contributed by atoms with E-state index in [0.29, 0.717) is 26.9 Å². The van der Waals surface area contributed by atoms with Crippen molar-refractivity contribution in [3.63, 3.8) is 0 Å². The number of aromatic nitrogens is 1. The molecule has 1 aliphatic rings. The molecule has 0 saturated carbocycles. The zero-order valence-electron chi connectivity index (χ0n) is 13.6. The van der Waals surface area contributed by atoms with E-state index in [2.05, 4.69) is 15.3 Å². The van der Waals surface area contributed by atoms with E-state index in [4.69, 9.17) is 9.15 Å². The number of rotatable bonds is 3. The lowest BCUT2D eigenvalue weighted by molar-refractivity contribution is -0.115. The molecule has 8 heteroatoms. The molecule has 1 aromatic heterocycles. The first-order chi connectivity index (χ1) is 12.6. The SMILES string of the molecule is COc1cc(/C=C2\S/C(=N/c3nc4ccccc4o3)NC2=O)ccc1O. The van der Waals surface area contributed by atoms with Crippen molar-refractivity contribution in [2.45, 2.75) is 0 Å². The van der Waals surface area contributed by atoms with Gasteiger partial charge in [-0.3, -0.25) is 4.79 Å². The zero-order valence-corrected chi connectivity index (χ0v) is 14.4. The minimum Gasteiger partial charge on any atom is -0.504 e. The number of para-hydroxylation sites is 2. The maximum Gasteiger partial charge on any atom is 0.325 e. The third-order valence-corrected chi connectivity index (χ3v) is 4.54. The van der Waals surface area contributed by atoms with Crippen LogP contribution in [-0.2, 0) is 4.79 Å². The molecule has 0 atom stereocenters. The van der Waals surface area contributed by atoms with Crippen LogP contribution in [0, 0.1) is 0 Å². The summed E-state index contributed by atoms with van der Waals surface area (Å²) in [5.41, 5.74) is 2.06. The first kappa shape index (κ1) is 16.2. The number of hydrogen-bond donors (Lipinski definition) is 2. The third-order valence-electron chi connectivity index (χ3n) is 3.63. The summed E-state index contributed by atoms with van der Waals surface area (Å²) in [6.45, 7) is 0. The van der Waals surface area contributed by atoms with E-state index in [1.807, 2.05) is 18.2 Å². The molecule has 0 unspecified atom stereocenters. The van der Waals surface area contributed by atoms with Crippen molar-refractivity contribution in [2.24, 2.45) is 4.99 Å². The Morgan fingerprint density at radius 1 is 1.31 bits per heavy atom. The first-order valence-electron chi connectivity index (χ1n) is 7.64. The summed E-state index contributed by atoms with van der Waals surface area (Å²) in [5.74, 6) is 0.108. The van der Waals surface area contributed by atoms with Gasteiger partial charge in [0.05, 0.1) is 12.0 Å². The molecule has 1 fully saturated rings. The van der Waals surface area contributed by atoms with Gasteiger partial charge in [-0.2, -0.15) is 9.98 Å². The minimum atomic E-state index is -0.267. The number of hydrogen-bond acceptors (Lipinski definition) is 7. The highest BCUT2D eigenvalue weighted by molar-refractivity contribution is 8.18. The van der Waals surface area contributed by atoms with Gasteiger partial charge in [0.15, 0.2) is 22.2 Å². The van der Waals surface area contributed by atoms with Crippen LogP contribution in [-0.4, -0.2) is 28.3 Å². The van der Waals surface area contributed by atoms with Crippen LogP contribution in [0.5, 0.6) is 11.5 Å². The topological polar surface area (TPSA) is 97.0 Å². The van der Waals surface area contributed by atoms with Crippen LogP contribution >= 0.6 is 11.8 Å². The lowest BCUT2D eigenvalue weighted by atomic mass is 10.2. The fourth-order valence-electron chi connectivity index (χ4n) is 2.41. The lowest BCUT2D eigenvalue weighted by Crippen LogP contribution is -2.19. The number of aliphatic imine (C=N–C) groups is 1. The number of amides is 1. The summed E-state index contributed by atoms with van der Waals surface area (Å²) in [5, 5.41) is 12.7. The zero-order chi connectivity index (χ0) is 18.1. The fourth-order valence-corrected chi connectivity index (χ4v) is 3.23. The van der Waals surface area contributed by atoms with E-state index < -0.39 is 0 Å². The molecule has 4 rings (SSSR count). The molecule has 7 nitrogen and oxygen atoms in total. The molecule has 3 aromatic rings. The Bertz CT molecular complexity index is 1040. The Hall–Kier alpha value is -3.26. The molecule has 0 aliphatic carbocycles. The first-order valence-corrected chi connectivity index (χ1v) is 8.46. The van der Waals surface area contributed by atoms with Crippen LogP contribution in [0.1, 0.15) is 5.56 Å². The standard InChI is InChI=1S/C18H13N3O4S/c1-24-14-8-10(6-7-12(14)22)9-15-16(23)20-18(26-15)21-17-19-11-4-2-3-5-13(11)25-17/h2-9,22H,1H3,(H,19,20,21,23)/b15-9-. The molecule has 2 aromatic carbocycles. The normalized spacial score (nSPS) is 17.2. The van der Waals surface area contributed by atoms with Crippen molar-refractivity contribution in [3.8, 4) is 11.5 Å². The monoisotopic (exact) mass is 367 g/mol. The molecule has 0 spiro atoms. The number of carbonyl (C=O) groups excluding carboxylic acids is 1. The summed E-state index contributed by atoms with van der Waals surface area (Å²) in [6.07, 6.45) is 1.69.